The Balaban J connectivity index is 2.00. The molecule has 0 radical (unpaired) electrons. The minimum Gasteiger partial charge on any atom is -0.274 e. The van der Waals surface area contributed by atoms with E-state index in [0.717, 1.165) is 34.7 Å². The number of aromatic nitrogens is 1. The highest BCUT2D eigenvalue weighted by Gasteiger charge is 2.27. The van der Waals surface area contributed by atoms with Crippen molar-refractivity contribution in [1.29, 1.82) is 0 Å². The van der Waals surface area contributed by atoms with Crippen LogP contribution in [0.15, 0.2) is 36.5 Å². The first-order valence-corrected chi connectivity index (χ1v) is 7.89. The van der Waals surface area contributed by atoms with Gasteiger partial charge in [0.1, 0.15) is 0 Å². The van der Waals surface area contributed by atoms with Crippen molar-refractivity contribution in [2.24, 2.45) is 11.7 Å². The molecule has 0 saturated heterocycles. The lowest BCUT2D eigenvalue weighted by Crippen LogP contribution is -2.48. The normalized spacial score (nSPS) is 14.0. The van der Waals surface area contributed by atoms with E-state index in [1.807, 2.05) is 49.5 Å². The highest BCUT2D eigenvalue weighted by atomic mass is 16.2. The third-order valence-electron chi connectivity index (χ3n) is 4.09. The van der Waals surface area contributed by atoms with Crippen LogP contribution in [0.1, 0.15) is 41.1 Å². The largest absolute Gasteiger partial charge is 0.350 e. The molecule has 124 valence electrons. The fourth-order valence-electron chi connectivity index (χ4n) is 2.64. The number of hydrogen-bond acceptors (Lipinski definition) is 4. The fourth-order valence-corrected chi connectivity index (χ4v) is 2.64. The molecule has 0 bridgehead atoms. The van der Waals surface area contributed by atoms with E-state index < -0.39 is 6.03 Å². The van der Waals surface area contributed by atoms with Crippen molar-refractivity contribution in [3.8, 4) is 0 Å². The van der Waals surface area contributed by atoms with Gasteiger partial charge in [-0.25, -0.2) is 21.5 Å². The summed E-state index contributed by atoms with van der Waals surface area (Å²) in [6.45, 7) is 2.00. The Labute approximate surface area is 141 Å². The summed E-state index contributed by atoms with van der Waals surface area (Å²) in [5, 5.41) is 1.04. The van der Waals surface area contributed by atoms with Crippen molar-refractivity contribution in [1.82, 2.24) is 10.4 Å². The summed E-state index contributed by atoms with van der Waals surface area (Å²) in [5.41, 5.74) is 6.75. The number of benzene rings is 1. The molecule has 2 amide bonds. The standard InChI is InChI=1S/C18H21N5O/c1-12-5-8-14(21-11-12)9-10-16-15(13-6-7-13)3-2-4-17(16)23(20)18(24)22-19/h2-5,8-11,13H,6-7,19-20H2,1H3,(H,22,24)/b10-9+. The van der Waals surface area contributed by atoms with E-state index in [9.17, 15) is 4.79 Å². The molecular weight excluding hydrogens is 302 g/mol. The number of nitrogens with zero attached hydrogens (tertiary/aromatic N) is 2. The molecule has 24 heavy (non-hydrogen) atoms. The van der Waals surface area contributed by atoms with Crippen LogP contribution in [0.3, 0.4) is 0 Å². The fraction of sp³-hybridized carbons (Fsp3) is 0.222. The van der Waals surface area contributed by atoms with Crippen LogP contribution in [0.5, 0.6) is 0 Å². The second-order valence-corrected chi connectivity index (χ2v) is 5.97. The van der Waals surface area contributed by atoms with Gasteiger partial charge in [0.2, 0.25) is 0 Å². The first-order chi connectivity index (χ1) is 11.6. The summed E-state index contributed by atoms with van der Waals surface area (Å²) in [6.07, 6.45) is 8.02. The average molecular weight is 323 g/mol. The molecule has 6 heteroatoms. The van der Waals surface area contributed by atoms with Crippen LogP contribution in [-0.2, 0) is 0 Å². The minimum absolute atomic E-state index is 0.518. The number of urea groups is 1. The second kappa shape index (κ2) is 6.82. The van der Waals surface area contributed by atoms with E-state index >= 15 is 0 Å². The number of nitrogens with two attached hydrogens (primary N) is 2. The highest BCUT2D eigenvalue weighted by Crippen LogP contribution is 2.44. The van der Waals surface area contributed by atoms with Crippen molar-refractivity contribution < 1.29 is 4.79 Å². The Bertz CT molecular complexity index is 765. The number of amides is 2. The van der Waals surface area contributed by atoms with Crippen LogP contribution in [-0.4, -0.2) is 11.0 Å². The molecule has 3 rings (SSSR count). The van der Waals surface area contributed by atoms with Crippen LogP contribution in [0, 0.1) is 6.92 Å². The third kappa shape index (κ3) is 3.45. The molecule has 1 aromatic heterocycles. The van der Waals surface area contributed by atoms with Gasteiger partial charge in [0.05, 0.1) is 11.4 Å². The number of carbonyl (C=O) groups excluding carboxylic acids is 1. The van der Waals surface area contributed by atoms with Gasteiger partial charge in [-0.2, -0.15) is 0 Å². The zero-order valence-corrected chi connectivity index (χ0v) is 13.6. The number of nitrogens with one attached hydrogen (secondary N) is 1. The highest BCUT2D eigenvalue weighted by molar-refractivity contribution is 5.94. The molecule has 1 fully saturated rings. The number of hydrazine groups is 2. The van der Waals surface area contributed by atoms with Gasteiger partial charge in [-0.05, 0) is 55.0 Å². The SMILES string of the molecule is Cc1ccc(/C=C/c2c(C3CC3)cccc2N(N)C(=O)NN)nc1. The quantitative estimate of drug-likeness (QED) is 0.458. The number of carbonyl (C=O) groups is 1. The minimum atomic E-state index is -0.564. The van der Waals surface area contributed by atoms with E-state index in [1.165, 1.54) is 5.56 Å². The summed E-state index contributed by atoms with van der Waals surface area (Å²) in [6, 6.07) is 9.20. The third-order valence-corrected chi connectivity index (χ3v) is 4.09. The lowest BCUT2D eigenvalue weighted by Gasteiger charge is -2.20. The van der Waals surface area contributed by atoms with Crippen LogP contribution < -0.4 is 22.1 Å². The predicted octanol–water partition coefficient (Wildman–Crippen LogP) is 2.70. The first-order valence-electron chi connectivity index (χ1n) is 7.89. The molecule has 0 spiro atoms. The van der Waals surface area contributed by atoms with Crippen molar-refractivity contribution in [3.05, 3.63) is 58.9 Å². The number of aryl methyl sites for hydroxylation is 1. The number of hydrogen-bond donors (Lipinski definition) is 3. The molecule has 1 aliphatic rings. The van der Waals surface area contributed by atoms with E-state index in [0.29, 0.717) is 11.6 Å². The van der Waals surface area contributed by atoms with Gasteiger partial charge in [-0.3, -0.25) is 10.4 Å². The van der Waals surface area contributed by atoms with Crippen LogP contribution in [0.4, 0.5) is 10.5 Å². The molecule has 1 heterocycles. The zero-order chi connectivity index (χ0) is 17.1. The molecule has 1 aliphatic carbocycles. The Morgan fingerprint density at radius 2 is 2.08 bits per heavy atom. The summed E-state index contributed by atoms with van der Waals surface area (Å²) in [7, 11) is 0. The van der Waals surface area contributed by atoms with Gasteiger partial charge in [0, 0.05) is 11.8 Å². The molecule has 6 nitrogen and oxygen atoms in total. The zero-order valence-electron chi connectivity index (χ0n) is 13.6. The van der Waals surface area contributed by atoms with Crippen molar-refractivity contribution in [3.63, 3.8) is 0 Å². The number of rotatable bonds is 4. The van der Waals surface area contributed by atoms with E-state index in [2.05, 4.69) is 16.5 Å². The van der Waals surface area contributed by atoms with E-state index in [4.69, 9.17) is 11.7 Å². The van der Waals surface area contributed by atoms with E-state index in [-0.39, 0.29) is 0 Å². The van der Waals surface area contributed by atoms with Crippen LogP contribution in [0.2, 0.25) is 0 Å². The lowest BCUT2D eigenvalue weighted by molar-refractivity contribution is 0.246. The van der Waals surface area contributed by atoms with Crippen LogP contribution in [0.25, 0.3) is 12.2 Å². The summed E-state index contributed by atoms with van der Waals surface area (Å²) >= 11 is 0. The predicted molar refractivity (Wildman–Crippen MR) is 95.7 cm³/mol. The van der Waals surface area contributed by atoms with Gasteiger partial charge in [-0.1, -0.05) is 24.3 Å². The van der Waals surface area contributed by atoms with Crippen molar-refractivity contribution in [2.75, 3.05) is 5.01 Å². The van der Waals surface area contributed by atoms with Crippen molar-refractivity contribution >= 4 is 23.9 Å². The Kier molecular flexibility index (Phi) is 4.59. The smallest absolute Gasteiger partial charge is 0.274 e. The average Bonchev–Trinajstić information content (AvgIpc) is 3.44. The summed E-state index contributed by atoms with van der Waals surface area (Å²) in [5.74, 6) is 11.6. The Morgan fingerprint density at radius 3 is 2.71 bits per heavy atom. The lowest BCUT2D eigenvalue weighted by atomic mass is 10.00. The summed E-state index contributed by atoms with van der Waals surface area (Å²) < 4.78 is 0. The Hall–Kier alpha value is -2.70. The maximum absolute atomic E-state index is 11.8. The second-order valence-electron chi connectivity index (χ2n) is 5.97. The van der Waals surface area contributed by atoms with Crippen molar-refractivity contribution in [2.45, 2.75) is 25.7 Å². The maximum atomic E-state index is 11.8. The molecule has 0 aliphatic heterocycles. The topological polar surface area (TPSA) is 97.3 Å². The Morgan fingerprint density at radius 1 is 1.29 bits per heavy atom. The number of anilines is 1. The monoisotopic (exact) mass is 323 g/mol. The van der Waals surface area contributed by atoms with Crippen LogP contribution >= 0.6 is 0 Å². The molecule has 5 N–H and O–H groups in total. The molecule has 1 saturated carbocycles. The van der Waals surface area contributed by atoms with Gasteiger partial charge >= 0.3 is 6.03 Å². The summed E-state index contributed by atoms with van der Waals surface area (Å²) in [4.78, 5) is 16.2. The molecule has 0 atom stereocenters. The first kappa shape index (κ1) is 16.2. The van der Waals surface area contributed by atoms with Gasteiger partial charge in [0.25, 0.3) is 0 Å². The molecule has 1 aromatic carbocycles. The maximum Gasteiger partial charge on any atom is 0.350 e. The van der Waals surface area contributed by atoms with Gasteiger partial charge in [-0.15, -0.1) is 0 Å². The molecule has 2 aromatic rings. The van der Waals surface area contributed by atoms with Gasteiger partial charge < -0.3 is 0 Å². The van der Waals surface area contributed by atoms with E-state index in [1.54, 1.807) is 0 Å². The number of pyridine rings is 1. The molecular formula is C18H21N5O. The van der Waals surface area contributed by atoms with Gasteiger partial charge in [0.15, 0.2) is 0 Å². The molecule has 0 unspecified atom stereocenters.